The van der Waals surface area contributed by atoms with Gasteiger partial charge in [0.2, 0.25) is 0 Å². The highest BCUT2D eigenvalue weighted by atomic mass is 127. The van der Waals surface area contributed by atoms with Crippen LogP contribution >= 0.6 is 24.0 Å². The Balaban J connectivity index is 0.00000338. The van der Waals surface area contributed by atoms with Gasteiger partial charge < -0.3 is 10.6 Å². The van der Waals surface area contributed by atoms with Crippen LogP contribution in [0.15, 0.2) is 29.3 Å². The van der Waals surface area contributed by atoms with Crippen LogP contribution in [0, 0.1) is 19.7 Å². The zero-order chi connectivity index (χ0) is 18.4. The summed E-state index contributed by atoms with van der Waals surface area (Å²) < 4.78 is 15.7. The summed E-state index contributed by atoms with van der Waals surface area (Å²) in [5, 5.41) is 11.1. The molecule has 5 nitrogen and oxygen atoms in total. The first-order chi connectivity index (χ1) is 11.9. The van der Waals surface area contributed by atoms with Gasteiger partial charge in [-0.15, -0.1) is 24.0 Å². The third-order valence-electron chi connectivity index (χ3n) is 4.26. The number of halogens is 2. The molecule has 0 spiro atoms. The van der Waals surface area contributed by atoms with Crippen molar-refractivity contribution in [3.63, 3.8) is 0 Å². The van der Waals surface area contributed by atoms with Crippen molar-refractivity contribution in [2.24, 2.45) is 12.0 Å². The van der Waals surface area contributed by atoms with E-state index >= 15 is 0 Å². The molecule has 0 amide bonds. The van der Waals surface area contributed by atoms with Crippen LogP contribution in [0.1, 0.15) is 36.4 Å². The molecule has 0 saturated carbocycles. The van der Waals surface area contributed by atoms with E-state index in [4.69, 9.17) is 0 Å². The number of aliphatic imine (C=N–C) groups is 1. The van der Waals surface area contributed by atoms with Crippen molar-refractivity contribution in [3.8, 4) is 0 Å². The highest BCUT2D eigenvalue weighted by Crippen LogP contribution is 2.14. The lowest BCUT2D eigenvalue weighted by Gasteiger charge is -2.18. The minimum absolute atomic E-state index is 0. The molecule has 0 bridgehead atoms. The summed E-state index contributed by atoms with van der Waals surface area (Å²) in [5.41, 5.74) is 4.08. The van der Waals surface area contributed by atoms with E-state index in [0.29, 0.717) is 18.1 Å². The minimum atomic E-state index is -0.225. The van der Waals surface area contributed by atoms with Gasteiger partial charge in [-0.3, -0.25) is 4.68 Å². The summed E-state index contributed by atoms with van der Waals surface area (Å²) >= 11 is 0. The molecule has 1 unspecified atom stereocenters. The zero-order valence-electron chi connectivity index (χ0n) is 16.1. The second-order valence-electron chi connectivity index (χ2n) is 6.31. The Bertz CT molecular complexity index is 742. The number of rotatable bonds is 6. The molecule has 0 radical (unpaired) electrons. The molecule has 0 fully saturated rings. The van der Waals surface area contributed by atoms with Gasteiger partial charge in [0.25, 0.3) is 0 Å². The molecule has 0 aliphatic rings. The predicted octanol–water partition coefficient (Wildman–Crippen LogP) is 3.48. The van der Waals surface area contributed by atoms with E-state index in [0.717, 1.165) is 18.7 Å². The first kappa shape index (κ1) is 22.4. The van der Waals surface area contributed by atoms with E-state index in [2.05, 4.69) is 34.6 Å². The van der Waals surface area contributed by atoms with Crippen LogP contribution in [0.25, 0.3) is 0 Å². The fraction of sp³-hybridized carbons (Fsp3) is 0.474. The van der Waals surface area contributed by atoms with Crippen molar-refractivity contribution in [3.05, 3.63) is 52.6 Å². The Labute approximate surface area is 172 Å². The number of nitrogens with one attached hydrogen (secondary N) is 2. The van der Waals surface area contributed by atoms with Crippen molar-refractivity contribution >= 4 is 29.9 Å². The van der Waals surface area contributed by atoms with Gasteiger partial charge in [-0.25, -0.2) is 9.38 Å². The summed E-state index contributed by atoms with van der Waals surface area (Å²) in [5.74, 6) is 0.467. The molecule has 2 rings (SSSR count). The fourth-order valence-corrected chi connectivity index (χ4v) is 2.81. The zero-order valence-corrected chi connectivity index (χ0v) is 18.5. The largest absolute Gasteiger partial charge is 0.357 e. The first-order valence-corrected chi connectivity index (χ1v) is 8.69. The van der Waals surface area contributed by atoms with Crippen LogP contribution < -0.4 is 10.6 Å². The van der Waals surface area contributed by atoms with Crippen LogP contribution in [0.3, 0.4) is 0 Å². The average Bonchev–Trinajstić information content (AvgIpc) is 2.80. The quantitative estimate of drug-likeness (QED) is 0.384. The lowest BCUT2D eigenvalue weighted by molar-refractivity contribution is 0.608. The molecular weight excluding hydrogens is 444 g/mol. The molecule has 1 atom stereocenters. The van der Waals surface area contributed by atoms with Crippen molar-refractivity contribution in [1.29, 1.82) is 0 Å². The number of hydrogen-bond acceptors (Lipinski definition) is 2. The van der Waals surface area contributed by atoms with E-state index in [1.165, 1.54) is 17.3 Å². The van der Waals surface area contributed by atoms with Gasteiger partial charge in [-0.1, -0.05) is 18.2 Å². The minimum Gasteiger partial charge on any atom is -0.357 e. The lowest BCUT2D eigenvalue weighted by Crippen LogP contribution is -2.43. The van der Waals surface area contributed by atoms with Gasteiger partial charge in [-0.05, 0) is 45.7 Å². The highest BCUT2D eigenvalue weighted by molar-refractivity contribution is 14.0. The van der Waals surface area contributed by atoms with E-state index in [1.807, 2.05) is 31.6 Å². The summed E-state index contributed by atoms with van der Waals surface area (Å²) in [4.78, 5) is 4.51. The van der Waals surface area contributed by atoms with Crippen molar-refractivity contribution in [2.45, 2.75) is 46.7 Å². The third kappa shape index (κ3) is 5.96. The van der Waals surface area contributed by atoms with Crippen LogP contribution in [-0.2, 0) is 20.0 Å². The monoisotopic (exact) mass is 473 g/mol. The van der Waals surface area contributed by atoms with Crippen LogP contribution in [-0.4, -0.2) is 28.3 Å². The second kappa shape index (κ2) is 10.5. The van der Waals surface area contributed by atoms with E-state index in [-0.39, 0.29) is 35.8 Å². The smallest absolute Gasteiger partial charge is 0.191 e. The number of aryl methyl sites for hydroxylation is 2. The third-order valence-corrected chi connectivity index (χ3v) is 4.26. The fourth-order valence-electron chi connectivity index (χ4n) is 2.81. The molecular formula is C19H29FIN5. The van der Waals surface area contributed by atoms with Gasteiger partial charge in [0, 0.05) is 30.9 Å². The summed E-state index contributed by atoms with van der Waals surface area (Å²) in [7, 11) is 1.96. The molecule has 0 aliphatic carbocycles. The maximum atomic E-state index is 13.7. The van der Waals surface area contributed by atoms with E-state index < -0.39 is 0 Å². The Morgan fingerprint density at radius 2 is 2.00 bits per heavy atom. The van der Waals surface area contributed by atoms with Gasteiger partial charge in [0.15, 0.2) is 5.96 Å². The van der Waals surface area contributed by atoms with E-state index in [1.54, 1.807) is 12.1 Å². The lowest BCUT2D eigenvalue weighted by atomic mass is 10.1. The Morgan fingerprint density at radius 1 is 1.31 bits per heavy atom. The van der Waals surface area contributed by atoms with Crippen molar-refractivity contribution in [1.82, 2.24) is 20.4 Å². The van der Waals surface area contributed by atoms with E-state index in [9.17, 15) is 4.39 Å². The maximum absolute atomic E-state index is 13.7. The molecule has 26 heavy (non-hydrogen) atoms. The summed E-state index contributed by atoms with van der Waals surface area (Å²) in [6.45, 7) is 9.30. The summed E-state index contributed by atoms with van der Waals surface area (Å²) in [6, 6.07) is 6.91. The molecule has 1 aromatic carbocycles. The molecule has 1 aromatic heterocycles. The standard InChI is InChI=1S/C19H28FN5.HI/c1-6-21-19(22-12-16-9-7-8-10-18(16)20)23-13(2)11-17-14(3)24-25(5)15(17)4;/h7-10,13H,6,11-12H2,1-5H3,(H2,21,22,23);1H. The molecule has 0 saturated heterocycles. The van der Waals surface area contributed by atoms with Gasteiger partial charge in [0.05, 0.1) is 12.2 Å². The number of nitrogens with zero attached hydrogens (tertiary/aromatic N) is 3. The molecule has 0 aliphatic heterocycles. The van der Waals surface area contributed by atoms with Gasteiger partial charge >= 0.3 is 0 Å². The topological polar surface area (TPSA) is 54.2 Å². The number of guanidine groups is 1. The normalized spacial score (nSPS) is 12.5. The Hall–Kier alpha value is -1.64. The van der Waals surface area contributed by atoms with Gasteiger partial charge in [-0.2, -0.15) is 5.10 Å². The molecule has 144 valence electrons. The van der Waals surface area contributed by atoms with Crippen LogP contribution in [0.4, 0.5) is 4.39 Å². The number of benzene rings is 1. The summed E-state index contributed by atoms with van der Waals surface area (Å²) in [6.07, 6.45) is 0.857. The predicted molar refractivity (Wildman–Crippen MR) is 116 cm³/mol. The van der Waals surface area contributed by atoms with Crippen LogP contribution in [0.2, 0.25) is 0 Å². The molecule has 2 aromatic rings. The van der Waals surface area contributed by atoms with Gasteiger partial charge in [0.1, 0.15) is 5.82 Å². The second-order valence-corrected chi connectivity index (χ2v) is 6.31. The number of aromatic nitrogens is 2. The Kier molecular flexibility index (Phi) is 9.04. The van der Waals surface area contributed by atoms with Crippen molar-refractivity contribution in [2.75, 3.05) is 6.54 Å². The first-order valence-electron chi connectivity index (χ1n) is 8.69. The van der Waals surface area contributed by atoms with Crippen molar-refractivity contribution < 1.29 is 4.39 Å². The molecule has 2 N–H and O–H groups in total. The highest BCUT2D eigenvalue weighted by Gasteiger charge is 2.14. The number of hydrogen-bond donors (Lipinski definition) is 2. The maximum Gasteiger partial charge on any atom is 0.191 e. The molecule has 7 heteroatoms. The SMILES string of the molecule is CCNC(=NCc1ccccc1F)NC(C)Cc1c(C)nn(C)c1C.I. The average molecular weight is 473 g/mol. The molecule has 1 heterocycles. The van der Waals surface area contributed by atoms with Crippen LogP contribution in [0.5, 0.6) is 0 Å². The Morgan fingerprint density at radius 3 is 2.58 bits per heavy atom.